The maximum Gasteiger partial charge on any atom is 0.416 e. The quantitative estimate of drug-likeness (QED) is 0.822. The van der Waals surface area contributed by atoms with E-state index in [1.807, 2.05) is 0 Å². The first-order valence-electron chi connectivity index (χ1n) is 7.18. The van der Waals surface area contributed by atoms with Gasteiger partial charge < -0.3 is 5.32 Å². The highest BCUT2D eigenvalue weighted by Crippen LogP contribution is 2.33. The standard InChI is InChI=1S/C16H14ClF3N2O3S/c1-26(24,25)22(12-5-3-2-4-6-12)10-15(23)21-14-9-11(16(18,19)20)7-8-13(14)17/h2-9H,10H2,1H3,(H,21,23). The van der Waals surface area contributed by atoms with Gasteiger partial charge in [0.25, 0.3) is 0 Å². The van der Waals surface area contributed by atoms with E-state index in [1.165, 1.54) is 12.1 Å². The summed E-state index contributed by atoms with van der Waals surface area (Å²) in [7, 11) is -3.79. The maximum absolute atomic E-state index is 12.8. The third-order valence-electron chi connectivity index (χ3n) is 3.30. The van der Waals surface area contributed by atoms with Crippen molar-refractivity contribution in [2.24, 2.45) is 0 Å². The molecule has 5 nitrogen and oxygen atoms in total. The molecule has 1 amide bonds. The summed E-state index contributed by atoms with van der Waals surface area (Å²) in [5.74, 6) is -0.833. The van der Waals surface area contributed by atoms with Crippen molar-refractivity contribution < 1.29 is 26.4 Å². The molecule has 0 radical (unpaired) electrons. The molecule has 0 saturated carbocycles. The molecule has 0 aliphatic carbocycles. The maximum atomic E-state index is 12.8. The van der Waals surface area contributed by atoms with Crippen LogP contribution in [0.4, 0.5) is 24.5 Å². The smallest absolute Gasteiger partial charge is 0.323 e. The van der Waals surface area contributed by atoms with Crippen molar-refractivity contribution in [3.8, 4) is 0 Å². The van der Waals surface area contributed by atoms with Crippen molar-refractivity contribution in [3.05, 3.63) is 59.1 Å². The van der Waals surface area contributed by atoms with Gasteiger partial charge in [-0.15, -0.1) is 0 Å². The van der Waals surface area contributed by atoms with Gasteiger partial charge in [-0.05, 0) is 30.3 Å². The van der Waals surface area contributed by atoms with Crippen LogP contribution in [0.5, 0.6) is 0 Å². The highest BCUT2D eigenvalue weighted by molar-refractivity contribution is 7.92. The number of para-hydroxylation sites is 1. The molecular weight excluding hydrogens is 393 g/mol. The number of rotatable bonds is 5. The Kier molecular flexibility index (Phi) is 5.82. The Morgan fingerprint density at radius 3 is 2.31 bits per heavy atom. The number of carbonyl (C=O) groups is 1. The van der Waals surface area contributed by atoms with Gasteiger partial charge in [0.1, 0.15) is 6.54 Å². The van der Waals surface area contributed by atoms with Crippen LogP contribution in [0.25, 0.3) is 0 Å². The lowest BCUT2D eigenvalue weighted by molar-refractivity contribution is -0.137. The molecule has 0 unspecified atom stereocenters. The molecule has 0 atom stereocenters. The minimum Gasteiger partial charge on any atom is -0.323 e. The van der Waals surface area contributed by atoms with Crippen LogP contribution >= 0.6 is 11.6 Å². The number of alkyl halides is 3. The zero-order valence-corrected chi connectivity index (χ0v) is 15.0. The number of sulfonamides is 1. The van der Waals surface area contributed by atoms with E-state index in [0.717, 1.165) is 22.7 Å². The molecule has 0 bridgehead atoms. The molecule has 140 valence electrons. The van der Waals surface area contributed by atoms with Gasteiger partial charge in [0.15, 0.2) is 0 Å². The van der Waals surface area contributed by atoms with Crippen LogP contribution < -0.4 is 9.62 Å². The SMILES string of the molecule is CS(=O)(=O)N(CC(=O)Nc1cc(C(F)(F)F)ccc1Cl)c1ccccc1. The Morgan fingerprint density at radius 2 is 1.77 bits per heavy atom. The van der Waals surface area contributed by atoms with Crippen LogP contribution in [0.2, 0.25) is 5.02 Å². The fourth-order valence-corrected chi connectivity index (χ4v) is 3.13. The molecule has 0 aliphatic heterocycles. The second kappa shape index (κ2) is 7.55. The van der Waals surface area contributed by atoms with Crippen LogP contribution in [0.15, 0.2) is 48.5 Å². The topological polar surface area (TPSA) is 66.5 Å². The lowest BCUT2D eigenvalue weighted by Crippen LogP contribution is -2.37. The summed E-state index contributed by atoms with van der Waals surface area (Å²) >= 11 is 5.82. The normalized spacial score (nSPS) is 11.9. The average Bonchev–Trinajstić information content (AvgIpc) is 2.53. The van der Waals surface area contributed by atoms with Crippen molar-refractivity contribution in [2.75, 3.05) is 22.4 Å². The van der Waals surface area contributed by atoms with Crippen molar-refractivity contribution in [2.45, 2.75) is 6.18 Å². The van der Waals surface area contributed by atoms with Gasteiger partial charge in [0.2, 0.25) is 15.9 Å². The monoisotopic (exact) mass is 406 g/mol. The van der Waals surface area contributed by atoms with E-state index in [1.54, 1.807) is 18.2 Å². The zero-order chi connectivity index (χ0) is 19.5. The predicted octanol–water partition coefficient (Wildman–Crippen LogP) is 3.76. The number of benzene rings is 2. The summed E-state index contributed by atoms with van der Waals surface area (Å²) in [6.45, 7) is -0.616. The fraction of sp³-hybridized carbons (Fsp3) is 0.188. The van der Waals surface area contributed by atoms with E-state index in [-0.39, 0.29) is 16.4 Å². The van der Waals surface area contributed by atoms with Crippen LogP contribution in [-0.2, 0) is 21.0 Å². The third kappa shape index (κ3) is 5.12. The lowest BCUT2D eigenvalue weighted by atomic mass is 10.2. The van der Waals surface area contributed by atoms with Crippen LogP contribution in [0, 0.1) is 0 Å². The number of anilines is 2. The predicted molar refractivity (Wildman–Crippen MR) is 93.7 cm³/mol. The lowest BCUT2D eigenvalue weighted by Gasteiger charge is -2.22. The van der Waals surface area contributed by atoms with Gasteiger partial charge in [-0.25, -0.2) is 8.42 Å². The van der Waals surface area contributed by atoms with Crippen molar-refractivity contribution in [1.82, 2.24) is 0 Å². The first-order chi connectivity index (χ1) is 12.0. The molecule has 0 aliphatic rings. The van der Waals surface area contributed by atoms with Crippen molar-refractivity contribution in [3.63, 3.8) is 0 Å². The minimum atomic E-state index is -4.60. The van der Waals surface area contributed by atoms with Gasteiger partial charge in [0, 0.05) is 0 Å². The van der Waals surface area contributed by atoms with Gasteiger partial charge in [-0.3, -0.25) is 9.10 Å². The minimum absolute atomic E-state index is 0.100. The summed E-state index contributed by atoms with van der Waals surface area (Å²) in [6.07, 6.45) is -3.68. The highest BCUT2D eigenvalue weighted by atomic mass is 35.5. The van der Waals surface area contributed by atoms with Crippen LogP contribution in [0.3, 0.4) is 0 Å². The number of hydrogen-bond donors (Lipinski definition) is 1. The Balaban J connectivity index is 2.24. The molecule has 2 aromatic carbocycles. The largest absolute Gasteiger partial charge is 0.416 e. The molecule has 0 spiro atoms. The molecule has 0 saturated heterocycles. The first kappa shape index (κ1) is 20.1. The number of carbonyl (C=O) groups excluding carboxylic acids is 1. The van der Waals surface area contributed by atoms with E-state index in [0.29, 0.717) is 6.07 Å². The van der Waals surface area contributed by atoms with Crippen LogP contribution in [0.1, 0.15) is 5.56 Å². The van der Waals surface area contributed by atoms with E-state index in [4.69, 9.17) is 11.6 Å². The number of amides is 1. The highest BCUT2D eigenvalue weighted by Gasteiger charge is 2.31. The summed E-state index contributed by atoms with van der Waals surface area (Å²) in [6, 6.07) is 10.3. The third-order valence-corrected chi connectivity index (χ3v) is 4.77. The van der Waals surface area contributed by atoms with Crippen molar-refractivity contribution in [1.29, 1.82) is 0 Å². The summed E-state index contributed by atoms with van der Waals surface area (Å²) in [4.78, 5) is 12.2. The fourth-order valence-electron chi connectivity index (χ4n) is 2.11. The number of hydrogen-bond acceptors (Lipinski definition) is 3. The second-order valence-corrected chi connectivity index (χ2v) is 7.66. The van der Waals surface area contributed by atoms with E-state index >= 15 is 0 Å². The molecule has 2 rings (SSSR count). The Bertz CT molecular complexity index is 903. The van der Waals surface area contributed by atoms with Gasteiger partial charge in [0.05, 0.1) is 28.2 Å². The summed E-state index contributed by atoms with van der Waals surface area (Å²) in [5.41, 5.74) is -0.992. The van der Waals surface area contributed by atoms with Gasteiger partial charge in [-0.2, -0.15) is 13.2 Å². The van der Waals surface area contributed by atoms with Gasteiger partial charge in [-0.1, -0.05) is 29.8 Å². The second-order valence-electron chi connectivity index (χ2n) is 5.35. The molecule has 0 heterocycles. The molecular formula is C16H14ClF3N2O3S. The zero-order valence-electron chi connectivity index (χ0n) is 13.4. The van der Waals surface area contributed by atoms with E-state index in [9.17, 15) is 26.4 Å². The first-order valence-corrected chi connectivity index (χ1v) is 9.40. The van der Waals surface area contributed by atoms with Crippen molar-refractivity contribution >= 4 is 38.9 Å². The Morgan fingerprint density at radius 1 is 1.15 bits per heavy atom. The number of halogens is 4. The van der Waals surface area contributed by atoms with Gasteiger partial charge >= 0.3 is 6.18 Å². The summed E-state index contributed by atoms with van der Waals surface area (Å²) < 4.78 is 63.1. The Hall–Kier alpha value is -2.26. The van der Waals surface area contributed by atoms with E-state index in [2.05, 4.69) is 5.32 Å². The van der Waals surface area contributed by atoms with E-state index < -0.39 is 34.2 Å². The molecule has 0 fully saturated rings. The Labute approximate surface area is 153 Å². The number of nitrogens with zero attached hydrogens (tertiary/aromatic N) is 1. The molecule has 0 aromatic heterocycles. The van der Waals surface area contributed by atoms with Crippen LogP contribution in [-0.4, -0.2) is 27.1 Å². The average molecular weight is 407 g/mol. The molecule has 26 heavy (non-hydrogen) atoms. The molecule has 10 heteroatoms. The summed E-state index contributed by atoms with van der Waals surface area (Å²) in [5, 5.41) is 2.12. The number of nitrogens with one attached hydrogen (secondary N) is 1. The molecule has 1 N–H and O–H groups in total. The molecule has 2 aromatic rings.